The fourth-order valence-corrected chi connectivity index (χ4v) is 3.07. The topological polar surface area (TPSA) is 110 Å². The van der Waals surface area contributed by atoms with Gasteiger partial charge in [0.1, 0.15) is 5.82 Å². The summed E-state index contributed by atoms with van der Waals surface area (Å²) in [4.78, 5) is 35.1. The van der Waals surface area contributed by atoms with Crippen LogP contribution in [0.4, 0.5) is 11.5 Å². The van der Waals surface area contributed by atoms with Crippen LogP contribution in [-0.4, -0.2) is 42.2 Å². The standard InChI is InChI=1S/C21H25N5O3/c1-15(27)16-6-5-7-18(12-16)24-20(28)14-29-25-21(22)17-8-9-19(23-13-17)26-10-3-2-4-11-26/h5-9,12-13H,2-4,10-11,14H2,1H3,(H2,22,25)(H,24,28). The number of hydrogen-bond donors (Lipinski definition) is 2. The zero-order valence-corrected chi connectivity index (χ0v) is 16.4. The van der Waals surface area contributed by atoms with Crippen molar-refractivity contribution in [3.63, 3.8) is 0 Å². The molecule has 1 fully saturated rings. The summed E-state index contributed by atoms with van der Waals surface area (Å²) in [6.07, 6.45) is 5.28. The lowest BCUT2D eigenvalue weighted by Crippen LogP contribution is -2.30. The molecule has 2 aromatic rings. The number of carbonyl (C=O) groups excluding carboxylic acids is 2. The largest absolute Gasteiger partial charge is 0.384 e. The molecule has 0 aliphatic carbocycles. The van der Waals surface area contributed by atoms with E-state index in [9.17, 15) is 9.59 Å². The van der Waals surface area contributed by atoms with Crippen molar-refractivity contribution in [2.24, 2.45) is 10.9 Å². The second-order valence-electron chi connectivity index (χ2n) is 6.89. The van der Waals surface area contributed by atoms with Gasteiger partial charge in [-0.1, -0.05) is 17.3 Å². The maximum absolute atomic E-state index is 12.0. The number of aromatic nitrogens is 1. The molecule has 0 spiro atoms. The van der Waals surface area contributed by atoms with Crippen LogP contribution in [0.1, 0.15) is 42.1 Å². The Hall–Kier alpha value is -3.42. The number of amidine groups is 1. The SMILES string of the molecule is CC(=O)c1cccc(NC(=O)CO/N=C(/N)c2ccc(N3CCCCC3)nc2)c1. The van der Waals surface area contributed by atoms with E-state index in [4.69, 9.17) is 10.6 Å². The van der Waals surface area contributed by atoms with Gasteiger partial charge in [0.05, 0.1) is 0 Å². The Morgan fingerprint density at radius 3 is 2.66 bits per heavy atom. The normalized spacial score (nSPS) is 14.4. The van der Waals surface area contributed by atoms with Crippen LogP contribution in [0.3, 0.4) is 0 Å². The van der Waals surface area contributed by atoms with E-state index in [1.807, 2.05) is 12.1 Å². The number of anilines is 2. The van der Waals surface area contributed by atoms with Gasteiger partial charge in [-0.15, -0.1) is 0 Å². The Kier molecular flexibility index (Phi) is 6.78. The van der Waals surface area contributed by atoms with Gasteiger partial charge >= 0.3 is 0 Å². The molecule has 0 saturated carbocycles. The summed E-state index contributed by atoms with van der Waals surface area (Å²) in [6, 6.07) is 10.4. The number of oxime groups is 1. The predicted molar refractivity (Wildman–Crippen MR) is 112 cm³/mol. The maximum atomic E-state index is 12.0. The van der Waals surface area contributed by atoms with Gasteiger partial charge in [-0.3, -0.25) is 9.59 Å². The Morgan fingerprint density at radius 1 is 1.17 bits per heavy atom. The van der Waals surface area contributed by atoms with E-state index < -0.39 is 5.91 Å². The summed E-state index contributed by atoms with van der Waals surface area (Å²) in [7, 11) is 0. The summed E-state index contributed by atoms with van der Waals surface area (Å²) < 4.78 is 0. The molecular formula is C21H25N5O3. The molecule has 3 N–H and O–H groups in total. The molecule has 1 aliphatic heterocycles. The maximum Gasteiger partial charge on any atom is 0.265 e. The molecule has 1 saturated heterocycles. The molecule has 2 heterocycles. The van der Waals surface area contributed by atoms with E-state index in [1.165, 1.54) is 26.2 Å². The zero-order chi connectivity index (χ0) is 20.6. The summed E-state index contributed by atoms with van der Waals surface area (Å²) in [5, 5.41) is 6.44. The van der Waals surface area contributed by atoms with Gasteiger partial charge in [-0.05, 0) is 50.5 Å². The molecule has 8 heteroatoms. The Morgan fingerprint density at radius 2 is 1.97 bits per heavy atom. The molecule has 1 aromatic heterocycles. The predicted octanol–water partition coefficient (Wildman–Crippen LogP) is 2.55. The first-order valence-electron chi connectivity index (χ1n) is 9.60. The zero-order valence-electron chi connectivity index (χ0n) is 16.4. The molecule has 152 valence electrons. The van der Waals surface area contributed by atoms with E-state index in [1.54, 1.807) is 30.5 Å². The molecule has 0 bridgehead atoms. The molecule has 0 radical (unpaired) electrons. The van der Waals surface area contributed by atoms with Crippen LogP contribution < -0.4 is 16.0 Å². The molecule has 1 amide bonds. The number of nitrogens with two attached hydrogens (primary N) is 1. The average Bonchev–Trinajstić information content (AvgIpc) is 2.74. The number of benzene rings is 1. The third-order valence-electron chi connectivity index (χ3n) is 4.64. The molecule has 0 unspecified atom stereocenters. The minimum Gasteiger partial charge on any atom is -0.384 e. The number of piperidine rings is 1. The Balaban J connectivity index is 1.51. The van der Waals surface area contributed by atoms with Crippen LogP contribution in [0.5, 0.6) is 0 Å². The highest BCUT2D eigenvalue weighted by molar-refractivity contribution is 5.98. The number of nitrogens with one attached hydrogen (secondary N) is 1. The Labute approximate surface area is 169 Å². The number of nitrogens with zero attached hydrogens (tertiary/aromatic N) is 3. The lowest BCUT2D eigenvalue weighted by Gasteiger charge is -2.27. The van der Waals surface area contributed by atoms with E-state index in [0.717, 1.165) is 18.9 Å². The number of Topliss-reactive ketones (excluding diaryl/α,β-unsaturated/α-hetero) is 1. The van der Waals surface area contributed by atoms with Crippen molar-refractivity contribution in [3.05, 3.63) is 53.7 Å². The van der Waals surface area contributed by atoms with Gasteiger partial charge in [0.25, 0.3) is 5.91 Å². The number of ketones is 1. The van der Waals surface area contributed by atoms with E-state index >= 15 is 0 Å². The van der Waals surface area contributed by atoms with Crippen molar-refractivity contribution in [2.75, 3.05) is 29.9 Å². The number of hydrogen-bond acceptors (Lipinski definition) is 6. The van der Waals surface area contributed by atoms with Gasteiger partial charge < -0.3 is 20.8 Å². The molecule has 1 aromatic carbocycles. The fourth-order valence-electron chi connectivity index (χ4n) is 3.07. The number of amides is 1. The molecule has 3 rings (SSSR count). The highest BCUT2D eigenvalue weighted by Crippen LogP contribution is 2.17. The first-order valence-corrected chi connectivity index (χ1v) is 9.60. The number of pyridine rings is 1. The van der Waals surface area contributed by atoms with Crippen LogP contribution in [0, 0.1) is 0 Å². The van der Waals surface area contributed by atoms with Crippen molar-refractivity contribution < 1.29 is 14.4 Å². The summed E-state index contributed by atoms with van der Waals surface area (Å²) in [5.74, 6) is 0.596. The quantitative estimate of drug-likeness (QED) is 0.323. The van der Waals surface area contributed by atoms with Crippen LogP contribution in [0.15, 0.2) is 47.8 Å². The average molecular weight is 395 g/mol. The van der Waals surface area contributed by atoms with Gasteiger partial charge in [0, 0.05) is 36.1 Å². The minimum atomic E-state index is -0.402. The smallest absolute Gasteiger partial charge is 0.265 e. The number of carbonyl (C=O) groups is 2. The first-order chi connectivity index (χ1) is 14.0. The van der Waals surface area contributed by atoms with Gasteiger partial charge in [0.15, 0.2) is 18.2 Å². The third-order valence-corrected chi connectivity index (χ3v) is 4.64. The summed E-state index contributed by atoms with van der Waals surface area (Å²) >= 11 is 0. The second-order valence-corrected chi connectivity index (χ2v) is 6.89. The van der Waals surface area contributed by atoms with Crippen molar-refractivity contribution in [1.82, 2.24) is 4.98 Å². The minimum absolute atomic E-state index is 0.0744. The summed E-state index contributed by atoms with van der Waals surface area (Å²) in [6.45, 7) is 3.20. The van der Waals surface area contributed by atoms with Gasteiger partial charge in [0.2, 0.25) is 0 Å². The molecule has 1 aliphatic rings. The first kappa shape index (κ1) is 20.3. The molecular weight excluding hydrogens is 370 g/mol. The van der Waals surface area contributed by atoms with Crippen molar-refractivity contribution in [3.8, 4) is 0 Å². The molecule has 29 heavy (non-hydrogen) atoms. The van der Waals surface area contributed by atoms with Crippen molar-refractivity contribution >= 4 is 29.0 Å². The van der Waals surface area contributed by atoms with Crippen LogP contribution in [0.25, 0.3) is 0 Å². The van der Waals surface area contributed by atoms with E-state index in [-0.39, 0.29) is 18.2 Å². The van der Waals surface area contributed by atoms with E-state index in [2.05, 4.69) is 20.4 Å². The lowest BCUT2D eigenvalue weighted by atomic mass is 10.1. The Bertz CT molecular complexity index is 889. The van der Waals surface area contributed by atoms with Crippen molar-refractivity contribution in [1.29, 1.82) is 0 Å². The van der Waals surface area contributed by atoms with Crippen molar-refractivity contribution in [2.45, 2.75) is 26.2 Å². The lowest BCUT2D eigenvalue weighted by molar-refractivity contribution is -0.120. The molecule has 8 nitrogen and oxygen atoms in total. The van der Waals surface area contributed by atoms with Crippen LogP contribution >= 0.6 is 0 Å². The van der Waals surface area contributed by atoms with E-state index in [0.29, 0.717) is 16.8 Å². The fraction of sp³-hybridized carbons (Fsp3) is 0.333. The monoisotopic (exact) mass is 395 g/mol. The highest BCUT2D eigenvalue weighted by atomic mass is 16.6. The second kappa shape index (κ2) is 9.68. The molecule has 0 atom stereocenters. The van der Waals surface area contributed by atoms with Crippen LogP contribution in [-0.2, 0) is 9.63 Å². The van der Waals surface area contributed by atoms with Crippen LogP contribution in [0.2, 0.25) is 0 Å². The van der Waals surface area contributed by atoms with Gasteiger partial charge in [-0.2, -0.15) is 0 Å². The summed E-state index contributed by atoms with van der Waals surface area (Å²) in [5.41, 5.74) is 7.58. The number of rotatable bonds is 7. The highest BCUT2D eigenvalue weighted by Gasteiger charge is 2.12. The third kappa shape index (κ3) is 5.78. The van der Waals surface area contributed by atoms with Gasteiger partial charge in [-0.25, -0.2) is 4.98 Å².